The van der Waals surface area contributed by atoms with Crippen LogP contribution in [-0.4, -0.2) is 50.9 Å². The lowest BCUT2D eigenvalue weighted by molar-refractivity contribution is -0.0476. The lowest BCUT2D eigenvalue weighted by Gasteiger charge is -2.18. The molecule has 0 spiro atoms. The highest BCUT2D eigenvalue weighted by atomic mass is 32.3. The number of hydrogen-bond acceptors (Lipinski definition) is 6. The number of nitrogens with one attached hydrogen (secondary N) is 1. The van der Waals surface area contributed by atoms with Crippen molar-refractivity contribution in [1.29, 1.82) is 0 Å². The van der Waals surface area contributed by atoms with Crippen LogP contribution < -0.4 is 4.13 Å². The minimum absolute atomic E-state index is 0.493. The smallest absolute Gasteiger partial charge is 0.358 e. The van der Waals surface area contributed by atoms with Crippen molar-refractivity contribution < 1.29 is 43.2 Å². The zero-order valence-corrected chi connectivity index (χ0v) is 20.7. The maximum absolute atomic E-state index is 11.5. The number of alkyl halides is 6. The summed E-state index contributed by atoms with van der Waals surface area (Å²) >= 11 is 0. The highest BCUT2D eigenvalue weighted by Gasteiger charge is 2.55. The van der Waals surface area contributed by atoms with Crippen molar-refractivity contribution in [2.24, 2.45) is 0 Å². The van der Waals surface area contributed by atoms with Gasteiger partial charge in [0.1, 0.15) is 0 Å². The number of hydrogen-bond donors (Lipinski definition) is 1. The molecule has 0 radical (unpaired) electrons. The molecule has 15 heteroatoms. The zero-order chi connectivity index (χ0) is 26.5. The summed E-state index contributed by atoms with van der Waals surface area (Å²) in [6.07, 6.45) is 20.3. The fraction of sp³-hybridized carbons (Fsp3) is 0.789. The minimum atomic E-state index is -6.60. The second-order valence-corrected chi connectivity index (χ2v) is 11.2. The van der Waals surface area contributed by atoms with E-state index in [1.807, 2.05) is 6.20 Å². The highest BCUT2D eigenvalue weighted by molar-refractivity contribution is 8.05. The van der Waals surface area contributed by atoms with Gasteiger partial charge in [-0.05, 0) is 12.6 Å². The van der Waals surface area contributed by atoms with Gasteiger partial charge >= 0.3 is 31.1 Å². The first kappa shape index (κ1) is 32.5. The number of rotatable bonds is 14. The molecule has 1 aliphatic rings. The van der Waals surface area contributed by atoms with Gasteiger partial charge < -0.3 is 9.80 Å². The second kappa shape index (κ2) is 14.8. The largest absolute Gasteiger partial charge is 0.512 e. The van der Waals surface area contributed by atoms with Gasteiger partial charge in [0.25, 0.3) is 0 Å². The quantitative estimate of drug-likeness (QED) is 0.233. The van der Waals surface area contributed by atoms with Crippen molar-refractivity contribution >= 4 is 20.0 Å². The average molecular weight is 546 g/mol. The third-order valence-electron chi connectivity index (χ3n) is 4.68. The van der Waals surface area contributed by atoms with Crippen LogP contribution in [0.2, 0.25) is 0 Å². The molecule has 7 nitrogen and oxygen atoms in total. The van der Waals surface area contributed by atoms with E-state index in [0.29, 0.717) is 0 Å². The van der Waals surface area contributed by atoms with Crippen LogP contribution in [0.1, 0.15) is 71.1 Å². The molecule has 0 saturated heterocycles. The van der Waals surface area contributed by atoms with Crippen molar-refractivity contribution in [1.82, 2.24) is 13.9 Å². The summed E-state index contributed by atoms with van der Waals surface area (Å²) in [7, 11) is -13.2. The van der Waals surface area contributed by atoms with Gasteiger partial charge in [-0.25, -0.2) is 16.8 Å². The van der Waals surface area contributed by atoms with E-state index in [0.717, 1.165) is 6.67 Å². The van der Waals surface area contributed by atoms with E-state index in [2.05, 4.69) is 35.7 Å². The van der Waals surface area contributed by atoms with Gasteiger partial charge in [0, 0.05) is 18.9 Å². The number of sulfonamides is 2. The van der Waals surface area contributed by atoms with E-state index in [1.54, 1.807) is 0 Å². The van der Waals surface area contributed by atoms with Crippen LogP contribution >= 0.6 is 0 Å². The van der Waals surface area contributed by atoms with E-state index in [1.165, 1.54) is 70.8 Å². The summed E-state index contributed by atoms with van der Waals surface area (Å²) in [6.45, 7) is 8.24. The van der Waals surface area contributed by atoms with E-state index >= 15 is 0 Å². The van der Waals surface area contributed by atoms with Crippen LogP contribution in [0, 0.1) is 0 Å². The molecule has 0 aromatic rings. The molecule has 1 rings (SSSR count). The monoisotopic (exact) mass is 545 g/mol. The minimum Gasteiger partial charge on any atom is -0.358 e. The van der Waals surface area contributed by atoms with E-state index in [9.17, 15) is 43.2 Å². The van der Waals surface area contributed by atoms with E-state index in [4.69, 9.17) is 0 Å². The first-order valence-corrected chi connectivity index (χ1v) is 13.8. The van der Waals surface area contributed by atoms with Gasteiger partial charge in [-0.3, -0.25) is 0 Å². The molecule has 0 aromatic heterocycles. The lowest BCUT2D eigenvalue weighted by Crippen LogP contribution is -2.45. The van der Waals surface area contributed by atoms with Crippen molar-refractivity contribution in [3.63, 3.8) is 0 Å². The van der Waals surface area contributed by atoms with Crippen LogP contribution in [-0.2, 0) is 20.0 Å². The van der Waals surface area contributed by atoms with Crippen LogP contribution in [0.4, 0.5) is 26.3 Å². The molecular formula is C19H33F6N3O4S2. The van der Waals surface area contributed by atoms with Gasteiger partial charge in [0.05, 0.1) is 6.67 Å². The lowest BCUT2D eigenvalue weighted by atomic mass is 10.1. The molecule has 1 aliphatic heterocycles. The third kappa shape index (κ3) is 12.8. The van der Waals surface area contributed by atoms with Gasteiger partial charge in [0.15, 0.2) is 0 Å². The molecule has 0 atom stereocenters. The maximum atomic E-state index is 11.5. The summed E-state index contributed by atoms with van der Waals surface area (Å²) in [5, 5.41) is 0. The summed E-state index contributed by atoms with van der Waals surface area (Å²) in [5.41, 5.74) is -12.3. The average Bonchev–Trinajstić information content (AvgIpc) is 3.15. The standard InChI is InChI=1S/C17H32N2.C2HF6NO4S2/c1-3-5-6-7-8-9-10-11-12-13-14-19-16-15-18(4-2)17-19;3-1(4,5)14(10,11)9-15(12,13)2(6,7)8/h4,15-16H,2-3,5-14,17H2,1H3;9H. The topological polar surface area (TPSA) is 86.8 Å². The molecule has 0 bridgehead atoms. The van der Waals surface area contributed by atoms with Crippen molar-refractivity contribution in [3.8, 4) is 0 Å². The Balaban J connectivity index is 0.000000661. The molecule has 0 unspecified atom stereocenters. The molecule has 0 aromatic carbocycles. The molecule has 1 heterocycles. The second-order valence-electron chi connectivity index (χ2n) is 7.61. The molecule has 0 saturated carbocycles. The Morgan fingerprint density at radius 3 is 1.56 bits per heavy atom. The van der Waals surface area contributed by atoms with Crippen LogP contribution in [0.5, 0.6) is 0 Å². The molecule has 0 fully saturated rings. The Labute approximate surface area is 198 Å². The predicted molar refractivity (Wildman–Crippen MR) is 118 cm³/mol. The predicted octanol–water partition coefficient (Wildman–Crippen LogP) is 5.37. The van der Waals surface area contributed by atoms with Crippen molar-refractivity contribution in [2.45, 2.75) is 82.1 Å². The fourth-order valence-electron chi connectivity index (χ4n) is 2.79. The van der Waals surface area contributed by atoms with Gasteiger partial charge in [-0.15, -0.1) is 0 Å². The summed E-state index contributed by atoms with van der Waals surface area (Å²) in [6, 6.07) is 0. The maximum Gasteiger partial charge on any atom is 0.512 e. The Bertz CT molecular complexity index is 786. The first-order chi connectivity index (χ1) is 15.6. The summed E-state index contributed by atoms with van der Waals surface area (Å²) < 4.78 is 108. The van der Waals surface area contributed by atoms with Gasteiger partial charge in [-0.2, -0.15) is 26.3 Å². The first-order valence-electron chi connectivity index (χ1n) is 10.8. The number of halogens is 6. The molecule has 202 valence electrons. The third-order valence-corrected chi connectivity index (χ3v) is 7.65. The molecule has 34 heavy (non-hydrogen) atoms. The summed E-state index contributed by atoms with van der Waals surface area (Å²) in [5.74, 6) is 0. The highest BCUT2D eigenvalue weighted by Crippen LogP contribution is 2.27. The Hall–Kier alpha value is -1.48. The molecule has 1 N–H and O–H groups in total. The number of unbranched alkanes of at least 4 members (excludes halogenated alkanes) is 9. The Morgan fingerprint density at radius 1 is 0.794 bits per heavy atom. The molecular weight excluding hydrogens is 512 g/mol. The molecule has 0 amide bonds. The van der Waals surface area contributed by atoms with Gasteiger partial charge in [-0.1, -0.05) is 75.4 Å². The van der Waals surface area contributed by atoms with E-state index in [-0.39, 0.29) is 0 Å². The Kier molecular flexibility index (Phi) is 14.2. The normalized spacial score (nSPS) is 14.8. The van der Waals surface area contributed by atoms with Crippen LogP contribution in [0.25, 0.3) is 0 Å². The SMILES string of the molecule is C=CN1C=CN(CCCCCCCCCCCC)C1.O=S(=O)(NS(=O)(=O)C(F)(F)F)C(F)(F)F. The van der Waals surface area contributed by atoms with Crippen molar-refractivity contribution in [2.75, 3.05) is 13.2 Å². The number of nitrogens with zero attached hydrogens (tertiary/aromatic N) is 2. The molecule has 0 aliphatic carbocycles. The van der Waals surface area contributed by atoms with Gasteiger partial charge in [0.2, 0.25) is 0 Å². The zero-order valence-electron chi connectivity index (χ0n) is 19.0. The van der Waals surface area contributed by atoms with Crippen LogP contribution in [0.3, 0.4) is 0 Å². The Morgan fingerprint density at radius 2 is 1.21 bits per heavy atom. The van der Waals surface area contributed by atoms with Crippen LogP contribution in [0.15, 0.2) is 25.2 Å². The van der Waals surface area contributed by atoms with Crippen molar-refractivity contribution in [3.05, 3.63) is 25.2 Å². The fourth-order valence-corrected chi connectivity index (χ4v) is 4.70. The van der Waals surface area contributed by atoms with E-state index < -0.39 is 35.2 Å². The summed E-state index contributed by atoms with van der Waals surface area (Å²) in [4.78, 5) is 4.49.